The number of aromatic amines is 1. The first-order valence-electron chi connectivity index (χ1n) is 22.2. The van der Waals surface area contributed by atoms with Gasteiger partial charge in [0, 0.05) is 23.5 Å². The van der Waals surface area contributed by atoms with Crippen LogP contribution in [-0.2, 0) is 59.2 Å². The predicted molar refractivity (Wildman–Crippen MR) is 243 cm³/mol. The molecule has 0 fully saturated rings. The van der Waals surface area contributed by atoms with Gasteiger partial charge in [-0.1, -0.05) is 66.2 Å². The average molecular weight is 976 g/mol. The van der Waals surface area contributed by atoms with Gasteiger partial charge >= 0.3 is 23.9 Å². The summed E-state index contributed by atoms with van der Waals surface area (Å²) in [7, 11) is 0. The van der Waals surface area contributed by atoms with E-state index in [1.807, 2.05) is 0 Å². The molecule has 69 heavy (non-hydrogen) atoms. The normalized spacial score (nSPS) is 15.2. The van der Waals surface area contributed by atoms with Gasteiger partial charge in [0.25, 0.3) is 0 Å². The van der Waals surface area contributed by atoms with Crippen LogP contribution in [0.5, 0.6) is 0 Å². The molecule has 7 amide bonds. The fourth-order valence-electron chi connectivity index (χ4n) is 6.89. The highest BCUT2D eigenvalue weighted by atomic mass is 16.4. The number of rotatable bonds is 30. The fourth-order valence-corrected chi connectivity index (χ4v) is 6.89. The van der Waals surface area contributed by atoms with Gasteiger partial charge in [-0.2, -0.15) is 0 Å². The molecule has 382 valence electrons. The third-order valence-corrected chi connectivity index (χ3v) is 10.8. The van der Waals surface area contributed by atoms with Crippen molar-refractivity contribution in [3.05, 3.63) is 36.0 Å². The minimum Gasteiger partial charge on any atom is -0.481 e. The molecule has 1 aromatic carbocycles. The van der Waals surface area contributed by atoms with Crippen LogP contribution in [0.4, 0.5) is 0 Å². The molecule has 9 atom stereocenters. The third-order valence-electron chi connectivity index (χ3n) is 10.8. The molecular weight excluding hydrogens is 911 g/mol. The zero-order valence-electron chi connectivity index (χ0n) is 39.2. The van der Waals surface area contributed by atoms with Crippen molar-refractivity contribution in [2.45, 2.75) is 135 Å². The quantitative estimate of drug-likeness (QED) is 0.0405. The van der Waals surface area contributed by atoms with Crippen molar-refractivity contribution in [1.29, 1.82) is 0 Å². The van der Waals surface area contributed by atoms with Gasteiger partial charge in [-0.05, 0) is 42.2 Å². The Morgan fingerprint density at radius 3 is 1.29 bits per heavy atom. The number of carboxylic acid groups (broad SMARTS) is 4. The first-order chi connectivity index (χ1) is 32.3. The van der Waals surface area contributed by atoms with E-state index in [0.29, 0.717) is 22.9 Å². The summed E-state index contributed by atoms with van der Waals surface area (Å²) in [5, 5.41) is 64.4. The minimum atomic E-state index is -2.07. The lowest BCUT2D eigenvalue weighted by molar-refractivity contribution is -0.144. The number of carbonyl (C=O) groups excluding carboxylic acids is 7. The van der Waals surface area contributed by atoms with E-state index in [0.717, 1.165) is 0 Å². The van der Waals surface area contributed by atoms with Crippen LogP contribution in [-0.4, -0.2) is 151 Å². The summed E-state index contributed by atoms with van der Waals surface area (Å²) >= 11 is 0. The van der Waals surface area contributed by atoms with E-state index >= 15 is 0 Å². The lowest BCUT2D eigenvalue weighted by atomic mass is 9.98. The van der Waals surface area contributed by atoms with Crippen LogP contribution < -0.4 is 43.0 Å². The topological polar surface area (TPSA) is 415 Å². The van der Waals surface area contributed by atoms with E-state index in [4.69, 9.17) is 5.73 Å². The smallest absolute Gasteiger partial charge is 0.328 e. The molecule has 25 nitrogen and oxygen atoms in total. The summed E-state index contributed by atoms with van der Waals surface area (Å²) in [4.78, 5) is 146. The second-order valence-electron chi connectivity index (χ2n) is 17.5. The number of carbonyl (C=O) groups is 11. The Kier molecular flexibility index (Phi) is 23.2. The zero-order chi connectivity index (χ0) is 52.3. The van der Waals surface area contributed by atoms with Crippen LogP contribution in [0.2, 0.25) is 0 Å². The number of hydrogen-bond acceptors (Lipinski definition) is 13. The number of aliphatic carboxylic acids is 4. The van der Waals surface area contributed by atoms with Gasteiger partial charge in [-0.25, -0.2) is 4.79 Å². The molecule has 2 aromatic rings. The summed E-state index contributed by atoms with van der Waals surface area (Å²) in [6.45, 7) is 9.19. The number of nitrogens with one attached hydrogen (secondary N) is 8. The Hall–Kier alpha value is -7.15. The first-order valence-corrected chi connectivity index (χ1v) is 22.2. The van der Waals surface area contributed by atoms with Crippen LogP contribution in [0.3, 0.4) is 0 Å². The summed E-state index contributed by atoms with van der Waals surface area (Å²) in [5.41, 5.74) is 7.05. The summed E-state index contributed by atoms with van der Waals surface area (Å²) in [6, 6.07) is -6.48. The fraction of sp³-hybridized carbons (Fsp3) is 0.568. The molecule has 0 aliphatic carbocycles. The molecule has 15 N–H and O–H groups in total. The number of amides is 7. The average Bonchev–Trinajstić information content (AvgIpc) is 3.67. The van der Waals surface area contributed by atoms with Gasteiger partial charge in [-0.15, -0.1) is 0 Å². The highest BCUT2D eigenvalue weighted by molar-refractivity contribution is 6.00. The monoisotopic (exact) mass is 975 g/mol. The van der Waals surface area contributed by atoms with E-state index in [-0.39, 0.29) is 37.0 Å². The Morgan fingerprint density at radius 1 is 0.536 bits per heavy atom. The molecular formula is C44H65N9O16. The lowest BCUT2D eigenvalue weighted by Gasteiger charge is -2.28. The Labute approximate surface area is 396 Å². The highest BCUT2D eigenvalue weighted by Gasteiger charge is 2.37. The summed E-state index contributed by atoms with van der Waals surface area (Å²) in [5.74, 6) is -15.1. The van der Waals surface area contributed by atoms with Crippen LogP contribution in [0.15, 0.2) is 30.5 Å². The standard InChI is InChI=1S/C44H65N9O16/c1-7-22(6)36(45)43(67)52-31(17-35(59)60)42(66)49-28(14-23-18-46-25-11-9-8-10-24(23)25)39(63)50-30(16-34(57)58)41(65)51-29(15-33(55)56)40(64)48-26(12-20(2)3)37(61)47-27(13-21(4)5)38(62)53-32(19-54)44(68)69/h8-11,18,20-22,26-32,36,46,54H,7,12-17,19,45H2,1-6H3,(H,47,61)(H,48,64)(H,49,66)(H,50,63)(H,51,65)(H,52,67)(H,53,62)(H,55,56)(H,57,58)(H,59,60)(H,68,69)/t22-,26-,27-,28-,29-,30-,31-,32-,36-/m0/s1. The van der Waals surface area contributed by atoms with Crippen LogP contribution in [0, 0.1) is 17.8 Å². The van der Waals surface area contributed by atoms with Gasteiger partial charge in [-0.3, -0.25) is 47.9 Å². The molecule has 0 bridgehead atoms. The number of hydrogen-bond donors (Lipinski definition) is 14. The van der Waals surface area contributed by atoms with E-state index in [1.165, 1.54) is 6.20 Å². The van der Waals surface area contributed by atoms with Crippen molar-refractivity contribution in [1.82, 2.24) is 42.2 Å². The van der Waals surface area contributed by atoms with Crippen molar-refractivity contribution < 1.29 is 78.3 Å². The number of benzene rings is 1. The van der Waals surface area contributed by atoms with Crippen molar-refractivity contribution in [3.8, 4) is 0 Å². The molecule has 0 aliphatic heterocycles. The van der Waals surface area contributed by atoms with Gasteiger partial charge in [0.15, 0.2) is 0 Å². The van der Waals surface area contributed by atoms with Crippen molar-refractivity contribution in [2.24, 2.45) is 23.5 Å². The maximum atomic E-state index is 14.2. The van der Waals surface area contributed by atoms with Gasteiger partial charge in [0.2, 0.25) is 41.4 Å². The van der Waals surface area contributed by atoms with E-state index in [2.05, 4.69) is 42.2 Å². The molecule has 0 unspecified atom stereocenters. The Balaban J connectivity index is 2.49. The van der Waals surface area contributed by atoms with E-state index in [9.17, 15) is 78.3 Å². The molecule has 1 heterocycles. The summed E-state index contributed by atoms with van der Waals surface area (Å²) in [6.07, 6.45) is -1.76. The van der Waals surface area contributed by atoms with Crippen molar-refractivity contribution in [3.63, 3.8) is 0 Å². The van der Waals surface area contributed by atoms with Crippen LogP contribution in [0.25, 0.3) is 10.9 Å². The number of aromatic nitrogens is 1. The van der Waals surface area contributed by atoms with Gasteiger partial charge in [0.05, 0.1) is 31.9 Å². The number of nitrogens with two attached hydrogens (primary N) is 1. The van der Waals surface area contributed by atoms with Crippen LogP contribution >= 0.6 is 0 Å². The maximum Gasteiger partial charge on any atom is 0.328 e. The SMILES string of the molecule is CC[C@H](C)[C@H](N)C(=O)N[C@@H](CC(=O)O)C(=O)N[C@@H](Cc1c[nH]c2ccccc12)C(=O)N[C@@H](CC(=O)O)C(=O)N[C@@H](CC(=O)O)C(=O)N[C@@H](CC(C)C)C(=O)N[C@@H](CC(C)C)C(=O)N[C@@H](CO)C(=O)O. The predicted octanol–water partition coefficient (Wildman–Crippen LogP) is -1.93. The zero-order valence-corrected chi connectivity index (χ0v) is 39.2. The Bertz CT molecular complexity index is 2180. The van der Waals surface area contributed by atoms with Crippen LogP contribution in [0.1, 0.15) is 85.6 Å². The van der Waals surface area contributed by atoms with E-state index in [1.54, 1.807) is 65.8 Å². The first kappa shape index (κ1) is 58.0. The number of aliphatic hydroxyl groups excluding tert-OH is 1. The number of aliphatic hydroxyl groups is 1. The van der Waals surface area contributed by atoms with Crippen molar-refractivity contribution >= 4 is 76.1 Å². The Morgan fingerprint density at radius 2 is 0.899 bits per heavy atom. The van der Waals surface area contributed by atoms with Gasteiger partial charge < -0.3 is 73.5 Å². The molecule has 25 heteroatoms. The highest BCUT2D eigenvalue weighted by Crippen LogP contribution is 2.20. The van der Waals surface area contributed by atoms with Crippen molar-refractivity contribution in [2.75, 3.05) is 6.61 Å². The summed E-state index contributed by atoms with van der Waals surface area (Å²) < 4.78 is 0. The third kappa shape index (κ3) is 19.2. The number of H-pyrrole nitrogens is 1. The second kappa shape index (κ2) is 27.6. The molecule has 0 saturated heterocycles. The molecule has 0 saturated carbocycles. The second-order valence-corrected chi connectivity index (χ2v) is 17.5. The maximum absolute atomic E-state index is 14.2. The van der Waals surface area contributed by atoms with E-state index < -0.39 is 139 Å². The molecule has 0 radical (unpaired) electrons. The number of carboxylic acids is 4. The van der Waals surface area contributed by atoms with Gasteiger partial charge in [0.1, 0.15) is 42.3 Å². The molecule has 0 aliphatic rings. The minimum absolute atomic E-state index is 0.0229. The number of fused-ring (bicyclic) bond motifs is 1. The lowest BCUT2D eigenvalue weighted by Crippen LogP contribution is -2.61. The largest absolute Gasteiger partial charge is 0.481 e. The molecule has 0 spiro atoms. The number of para-hydroxylation sites is 1. The molecule has 1 aromatic heterocycles. The molecule has 2 rings (SSSR count).